The number of H-pyrrole nitrogens is 1. The smallest absolute Gasteiger partial charge is 0.183 e. The van der Waals surface area contributed by atoms with Crippen LogP contribution < -0.4 is 5.73 Å². The number of fused-ring (bicyclic) bond motifs is 1. The van der Waals surface area contributed by atoms with Crippen LogP contribution in [0.1, 0.15) is 11.4 Å². The van der Waals surface area contributed by atoms with Gasteiger partial charge in [-0.1, -0.05) is 17.7 Å². The number of benzene rings is 1. The molecule has 0 aliphatic heterocycles. The lowest BCUT2D eigenvalue weighted by Crippen LogP contribution is -1.97. The van der Waals surface area contributed by atoms with Gasteiger partial charge in [0.05, 0.1) is 0 Å². The van der Waals surface area contributed by atoms with Crippen molar-refractivity contribution in [2.45, 2.75) is 12.8 Å². The molecule has 0 fully saturated rings. The predicted molar refractivity (Wildman–Crippen MR) is 74.9 cm³/mol. The predicted octanol–water partition coefficient (Wildman–Crippen LogP) is 2.51. The molecule has 0 amide bonds. The second-order valence-corrected chi connectivity index (χ2v) is 4.75. The van der Waals surface area contributed by atoms with Gasteiger partial charge in [-0.15, -0.1) is 0 Å². The Hall–Kier alpha value is -2.21. The highest BCUT2D eigenvalue weighted by Crippen LogP contribution is 2.21. The van der Waals surface area contributed by atoms with E-state index >= 15 is 0 Å². The molecule has 0 bridgehead atoms. The van der Waals surface area contributed by atoms with Crippen molar-refractivity contribution in [1.29, 1.82) is 0 Å². The molecule has 102 valence electrons. The number of rotatable bonds is 3. The van der Waals surface area contributed by atoms with Crippen molar-refractivity contribution in [3.8, 4) is 0 Å². The summed E-state index contributed by atoms with van der Waals surface area (Å²) in [5.41, 5.74) is 7.31. The topological polar surface area (TPSA) is 80.5 Å². The van der Waals surface area contributed by atoms with Gasteiger partial charge in [0, 0.05) is 17.0 Å². The van der Waals surface area contributed by atoms with Crippen LogP contribution in [0.25, 0.3) is 11.2 Å². The average Bonchev–Trinajstić information content (AvgIpc) is 2.83. The first-order valence-electron chi connectivity index (χ1n) is 6.03. The van der Waals surface area contributed by atoms with Crippen LogP contribution in [-0.2, 0) is 12.8 Å². The molecule has 0 saturated carbocycles. The molecule has 20 heavy (non-hydrogen) atoms. The molecule has 7 heteroatoms. The van der Waals surface area contributed by atoms with Crippen molar-refractivity contribution < 1.29 is 4.39 Å². The van der Waals surface area contributed by atoms with E-state index < -0.39 is 0 Å². The molecular formula is C13H11ClFN5. The summed E-state index contributed by atoms with van der Waals surface area (Å²) in [7, 11) is 0. The minimum absolute atomic E-state index is 0.312. The Bertz CT molecular complexity index is 750. The van der Waals surface area contributed by atoms with Crippen molar-refractivity contribution in [3.05, 3.63) is 46.8 Å². The first kappa shape index (κ1) is 12.8. The van der Waals surface area contributed by atoms with E-state index in [9.17, 15) is 4.39 Å². The van der Waals surface area contributed by atoms with Crippen LogP contribution in [0.4, 0.5) is 10.2 Å². The molecule has 3 aromatic rings. The molecule has 0 unspecified atom stereocenters. The van der Waals surface area contributed by atoms with E-state index in [4.69, 9.17) is 17.3 Å². The fourth-order valence-corrected chi connectivity index (χ4v) is 2.28. The van der Waals surface area contributed by atoms with Crippen molar-refractivity contribution in [3.63, 3.8) is 0 Å². The number of hydrogen-bond donors (Lipinski definition) is 2. The Morgan fingerprint density at radius 2 is 2.10 bits per heavy atom. The highest BCUT2D eigenvalue weighted by molar-refractivity contribution is 6.31. The Morgan fingerprint density at radius 1 is 1.25 bits per heavy atom. The third-order valence-corrected chi connectivity index (χ3v) is 3.39. The lowest BCUT2D eigenvalue weighted by atomic mass is 10.1. The van der Waals surface area contributed by atoms with Gasteiger partial charge in [0.15, 0.2) is 11.5 Å². The Labute approximate surface area is 119 Å². The SMILES string of the molecule is Nc1ncnc2nc(CCc3c(F)cccc3Cl)[nH]c12. The van der Waals surface area contributed by atoms with Crippen molar-refractivity contribution in [1.82, 2.24) is 19.9 Å². The van der Waals surface area contributed by atoms with E-state index in [1.54, 1.807) is 12.1 Å². The number of aromatic amines is 1. The normalized spacial score (nSPS) is 11.1. The van der Waals surface area contributed by atoms with E-state index in [-0.39, 0.29) is 5.82 Å². The van der Waals surface area contributed by atoms with Gasteiger partial charge in [0.1, 0.15) is 23.5 Å². The number of hydrogen-bond acceptors (Lipinski definition) is 4. The maximum absolute atomic E-state index is 13.7. The molecule has 0 atom stereocenters. The number of nitrogen functional groups attached to an aromatic ring is 1. The minimum Gasteiger partial charge on any atom is -0.382 e. The zero-order chi connectivity index (χ0) is 14.1. The fraction of sp³-hybridized carbons (Fsp3) is 0.154. The summed E-state index contributed by atoms with van der Waals surface area (Å²) in [5, 5.41) is 0.417. The average molecular weight is 292 g/mol. The zero-order valence-electron chi connectivity index (χ0n) is 10.4. The second-order valence-electron chi connectivity index (χ2n) is 4.34. The van der Waals surface area contributed by atoms with Gasteiger partial charge in [-0.05, 0) is 18.6 Å². The second kappa shape index (κ2) is 5.05. The van der Waals surface area contributed by atoms with E-state index in [1.807, 2.05) is 0 Å². The molecule has 2 heterocycles. The maximum Gasteiger partial charge on any atom is 0.183 e. The van der Waals surface area contributed by atoms with Gasteiger partial charge >= 0.3 is 0 Å². The van der Waals surface area contributed by atoms with E-state index in [1.165, 1.54) is 12.4 Å². The van der Waals surface area contributed by atoms with Gasteiger partial charge in [0.25, 0.3) is 0 Å². The molecule has 0 radical (unpaired) electrons. The third-order valence-electron chi connectivity index (χ3n) is 3.04. The summed E-state index contributed by atoms with van der Waals surface area (Å²) >= 11 is 5.99. The van der Waals surface area contributed by atoms with E-state index in [0.717, 1.165) is 0 Å². The highest BCUT2D eigenvalue weighted by atomic mass is 35.5. The quantitative estimate of drug-likeness (QED) is 0.777. The van der Waals surface area contributed by atoms with E-state index in [0.29, 0.717) is 46.2 Å². The number of imidazole rings is 1. The van der Waals surface area contributed by atoms with Crippen LogP contribution in [0.5, 0.6) is 0 Å². The number of nitrogens with one attached hydrogen (secondary N) is 1. The summed E-state index contributed by atoms with van der Waals surface area (Å²) in [6, 6.07) is 4.64. The fourth-order valence-electron chi connectivity index (χ4n) is 2.03. The first-order valence-corrected chi connectivity index (χ1v) is 6.41. The Kier molecular flexibility index (Phi) is 3.23. The van der Waals surface area contributed by atoms with Crippen LogP contribution in [0.15, 0.2) is 24.5 Å². The Balaban J connectivity index is 1.85. The summed E-state index contributed by atoms with van der Waals surface area (Å²) in [5.74, 6) is 0.706. The molecule has 0 aliphatic rings. The van der Waals surface area contributed by atoms with Gasteiger partial charge in [-0.25, -0.2) is 19.3 Å². The van der Waals surface area contributed by atoms with Gasteiger partial charge in [0.2, 0.25) is 0 Å². The largest absolute Gasteiger partial charge is 0.382 e. The summed E-state index contributed by atoms with van der Waals surface area (Å²) in [6.07, 6.45) is 2.31. The summed E-state index contributed by atoms with van der Waals surface area (Å²) in [4.78, 5) is 15.2. The van der Waals surface area contributed by atoms with Crippen LogP contribution in [0.3, 0.4) is 0 Å². The number of aromatic nitrogens is 4. The molecule has 0 aliphatic carbocycles. The minimum atomic E-state index is -0.312. The van der Waals surface area contributed by atoms with Crippen LogP contribution in [-0.4, -0.2) is 19.9 Å². The van der Waals surface area contributed by atoms with Crippen LogP contribution in [0.2, 0.25) is 5.02 Å². The van der Waals surface area contributed by atoms with Gasteiger partial charge in [-0.2, -0.15) is 0 Å². The van der Waals surface area contributed by atoms with Crippen LogP contribution >= 0.6 is 11.6 Å². The van der Waals surface area contributed by atoms with Gasteiger partial charge < -0.3 is 10.7 Å². The molecule has 0 spiro atoms. The summed E-state index contributed by atoms with van der Waals surface area (Å²) in [6.45, 7) is 0. The van der Waals surface area contributed by atoms with E-state index in [2.05, 4.69) is 19.9 Å². The third kappa shape index (κ3) is 2.30. The number of aryl methyl sites for hydroxylation is 1. The van der Waals surface area contributed by atoms with Crippen molar-refractivity contribution in [2.24, 2.45) is 0 Å². The lowest BCUT2D eigenvalue weighted by Gasteiger charge is -2.03. The molecular weight excluding hydrogens is 281 g/mol. The van der Waals surface area contributed by atoms with Crippen molar-refractivity contribution >= 4 is 28.6 Å². The molecule has 3 N–H and O–H groups in total. The standard InChI is InChI=1S/C13H11ClFN5/c14-8-2-1-3-9(15)7(8)4-5-10-19-11-12(16)17-6-18-13(11)20-10/h1-3,6H,4-5H2,(H3,16,17,18,19,20). The molecule has 1 aromatic carbocycles. The van der Waals surface area contributed by atoms with Crippen molar-refractivity contribution in [2.75, 3.05) is 5.73 Å². The zero-order valence-corrected chi connectivity index (χ0v) is 11.2. The van der Waals surface area contributed by atoms with Crippen LogP contribution in [0, 0.1) is 5.82 Å². The molecule has 2 aromatic heterocycles. The Morgan fingerprint density at radius 3 is 2.85 bits per heavy atom. The molecule has 0 saturated heterocycles. The first-order chi connectivity index (χ1) is 9.65. The maximum atomic E-state index is 13.7. The molecule has 3 rings (SSSR count). The number of nitrogens with zero attached hydrogens (tertiary/aromatic N) is 3. The number of nitrogens with two attached hydrogens (primary N) is 1. The highest BCUT2D eigenvalue weighted by Gasteiger charge is 2.10. The van der Waals surface area contributed by atoms with Gasteiger partial charge in [-0.3, -0.25) is 0 Å². The monoisotopic (exact) mass is 291 g/mol. The number of anilines is 1. The number of halogens is 2. The molecule has 5 nitrogen and oxygen atoms in total. The summed E-state index contributed by atoms with van der Waals surface area (Å²) < 4.78 is 13.7. The lowest BCUT2D eigenvalue weighted by molar-refractivity contribution is 0.607.